The largest absolute Gasteiger partial charge is 0.322 e. The Kier molecular flexibility index (Phi) is 4.04. The van der Waals surface area contributed by atoms with Crippen molar-refractivity contribution in [2.75, 3.05) is 18.0 Å². The minimum Gasteiger partial charge on any atom is -0.322 e. The van der Waals surface area contributed by atoms with Gasteiger partial charge in [-0.25, -0.2) is 9.50 Å². The third-order valence-electron chi connectivity index (χ3n) is 4.29. The van der Waals surface area contributed by atoms with Gasteiger partial charge in [0.25, 0.3) is 11.7 Å². The van der Waals surface area contributed by atoms with Crippen molar-refractivity contribution in [2.24, 2.45) is 0 Å². The molecule has 3 heterocycles. The van der Waals surface area contributed by atoms with Crippen LogP contribution in [0.15, 0.2) is 42.7 Å². The number of carbonyl (C=O) groups excluding carboxylic acids is 2. The van der Waals surface area contributed by atoms with Gasteiger partial charge in [-0.3, -0.25) is 9.59 Å². The maximum Gasteiger partial charge on any atom is 0.294 e. The topological polar surface area (TPSA) is 83.7 Å². The Labute approximate surface area is 154 Å². The molecule has 0 unspecified atom stereocenters. The van der Waals surface area contributed by atoms with Gasteiger partial charge in [0.2, 0.25) is 11.7 Å². The van der Waals surface area contributed by atoms with E-state index in [0.717, 1.165) is 5.69 Å². The first kappa shape index (κ1) is 16.5. The molecule has 9 heteroatoms. The second kappa shape index (κ2) is 6.38. The molecule has 1 saturated heterocycles. The highest BCUT2D eigenvalue weighted by Gasteiger charge is 2.35. The van der Waals surface area contributed by atoms with Crippen molar-refractivity contribution in [3.05, 3.63) is 53.6 Å². The lowest BCUT2D eigenvalue weighted by atomic mass is 10.1. The maximum absolute atomic E-state index is 12.8. The van der Waals surface area contributed by atoms with E-state index >= 15 is 0 Å². The van der Waals surface area contributed by atoms with Gasteiger partial charge in [-0.2, -0.15) is 4.98 Å². The van der Waals surface area contributed by atoms with Crippen LogP contribution in [0.1, 0.15) is 17.5 Å². The molecule has 1 fully saturated rings. The normalized spacial score (nSPS) is 17.8. The number of carbonyl (C=O) groups is 2. The van der Waals surface area contributed by atoms with E-state index in [2.05, 4.69) is 15.1 Å². The van der Waals surface area contributed by atoms with Gasteiger partial charge >= 0.3 is 0 Å². The molecule has 1 aliphatic rings. The molecule has 1 atom stereocenters. The monoisotopic (exact) mass is 370 g/mol. The molecule has 26 heavy (non-hydrogen) atoms. The summed E-state index contributed by atoms with van der Waals surface area (Å²) < 4.78 is 1.43. The van der Waals surface area contributed by atoms with E-state index in [1.54, 1.807) is 47.6 Å². The van der Waals surface area contributed by atoms with Gasteiger partial charge in [-0.1, -0.05) is 11.6 Å². The van der Waals surface area contributed by atoms with Crippen molar-refractivity contribution in [3.8, 4) is 0 Å². The van der Waals surface area contributed by atoms with Gasteiger partial charge in [0, 0.05) is 35.7 Å². The van der Waals surface area contributed by atoms with Crippen LogP contribution in [0.2, 0.25) is 5.02 Å². The van der Waals surface area contributed by atoms with Crippen molar-refractivity contribution in [1.82, 2.24) is 24.5 Å². The fourth-order valence-electron chi connectivity index (χ4n) is 2.95. The second-order valence-corrected chi connectivity index (χ2v) is 6.50. The first-order chi connectivity index (χ1) is 12.5. The molecule has 8 nitrogen and oxygen atoms in total. The summed E-state index contributed by atoms with van der Waals surface area (Å²) in [5, 5.41) is 4.75. The molecule has 3 aromatic rings. The van der Waals surface area contributed by atoms with Gasteiger partial charge in [-0.15, -0.1) is 5.10 Å². The van der Waals surface area contributed by atoms with Crippen LogP contribution in [-0.4, -0.2) is 55.4 Å². The number of rotatable bonds is 2. The van der Waals surface area contributed by atoms with Gasteiger partial charge in [0.05, 0.1) is 0 Å². The number of amides is 2. The Bertz CT molecular complexity index is 953. The van der Waals surface area contributed by atoms with E-state index in [1.165, 1.54) is 9.42 Å². The number of hydrogen-bond acceptors (Lipinski definition) is 5. The predicted octanol–water partition coefficient (Wildman–Crippen LogP) is 1.66. The smallest absolute Gasteiger partial charge is 0.294 e. The fraction of sp³-hybridized carbons (Fsp3) is 0.235. The molecule has 1 aliphatic heterocycles. The third kappa shape index (κ3) is 2.88. The molecule has 2 aromatic heterocycles. The lowest BCUT2D eigenvalue weighted by Gasteiger charge is -2.38. The molecule has 0 bridgehead atoms. The van der Waals surface area contributed by atoms with Crippen LogP contribution in [-0.2, 0) is 4.79 Å². The van der Waals surface area contributed by atoms with E-state index < -0.39 is 0 Å². The number of nitrogens with zero attached hydrogens (tertiary/aromatic N) is 6. The quantitative estimate of drug-likeness (QED) is 0.685. The molecule has 0 N–H and O–H groups in total. The highest BCUT2D eigenvalue weighted by atomic mass is 35.5. The average molecular weight is 371 g/mol. The molecule has 1 aromatic carbocycles. The predicted molar refractivity (Wildman–Crippen MR) is 95.1 cm³/mol. The Hall–Kier alpha value is -3.00. The Morgan fingerprint density at radius 3 is 2.77 bits per heavy atom. The summed E-state index contributed by atoms with van der Waals surface area (Å²) >= 11 is 5.90. The number of fused-ring (bicyclic) bond motifs is 1. The van der Waals surface area contributed by atoms with Crippen LogP contribution in [0.5, 0.6) is 0 Å². The van der Waals surface area contributed by atoms with E-state index in [1.807, 2.05) is 6.92 Å². The summed E-state index contributed by atoms with van der Waals surface area (Å²) in [5.41, 5.74) is 0.758. The molecule has 4 rings (SSSR count). The van der Waals surface area contributed by atoms with Gasteiger partial charge in [0.15, 0.2) is 0 Å². The van der Waals surface area contributed by atoms with Crippen LogP contribution in [0.25, 0.3) is 5.78 Å². The number of benzene rings is 1. The number of halogens is 1. The summed E-state index contributed by atoms with van der Waals surface area (Å²) in [6.45, 7) is 2.24. The summed E-state index contributed by atoms with van der Waals surface area (Å²) in [5.74, 6) is -0.175. The first-order valence-electron chi connectivity index (χ1n) is 8.07. The number of piperazine rings is 1. The van der Waals surface area contributed by atoms with E-state index in [0.29, 0.717) is 17.3 Å². The third-order valence-corrected chi connectivity index (χ3v) is 4.54. The zero-order chi connectivity index (χ0) is 18.3. The van der Waals surface area contributed by atoms with Gasteiger partial charge in [-0.05, 0) is 37.3 Å². The Morgan fingerprint density at radius 1 is 1.27 bits per heavy atom. The number of hydrogen-bond donors (Lipinski definition) is 0. The van der Waals surface area contributed by atoms with E-state index in [-0.39, 0.29) is 30.2 Å². The van der Waals surface area contributed by atoms with Crippen molar-refractivity contribution in [1.29, 1.82) is 0 Å². The molecular formula is C17H15ClN6O2. The lowest BCUT2D eigenvalue weighted by Crippen LogP contribution is -2.57. The lowest BCUT2D eigenvalue weighted by molar-refractivity contribution is -0.121. The molecule has 0 spiro atoms. The molecule has 132 valence electrons. The van der Waals surface area contributed by atoms with Gasteiger partial charge in [0.1, 0.15) is 6.54 Å². The first-order valence-corrected chi connectivity index (χ1v) is 8.45. The van der Waals surface area contributed by atoms with E-state index in [4.69, 9.17) is 11.6 Å². The van der Waals surface area contributed by atoms with E-state index in [9.17, 15) is 9.59 Å². The molecule has 0 radical (unpaired) electrons. The minimum absolute atomic E-state index is 0.0308. The fourth-order valence-corrected chi connectivity index (χ4v) is 3.07. The summed E-state index contributed by atoms with van der Waals surface area (Å²) in [6.07, 6.45) is 3.24. The van der Waals surface area contributed by atoms with Crippen molar-refractivity contribution in [3.63, 3.8) is 0 Å². The zero-order valence-electron chi connectivity index (χ0n) is 13.9. The van der Waals surface area contributed by atoms with Crippen molar-refractivity contribution < 1.29 is 9.59 Å². The summed E-state index contributed by atoms with van der Waals surface area (Å²) in [4.78, 5) is 36.7. The molecular weight excluding hydrogens is 356 g/mol. The highest BCUT2D eigenvalue weighted by molar-refractivity contribution is 6.30. The molecule has 2 amide bonds. The Morgan fingerprint density at radius 2 is 2.04 bits per heavy atom. The van der Waals surface area contributed by atoms with Gasteiger partial charge < -0.3 is 9.80 Å². The number of anilines is 1. The summed E-state index contributed by atoms with van der Waals surface area (Å²) in [7, 11) is 0. The van der Waals surface area contributed by atoms with Crippen LogP contribution >= 0.6 is 11.6 Å². The second-order valence-electron chi connectivity index (χ2n) is 6.06. The maximum atomic E-state index is 12.8. The standard InChI is InChI=1S/C17H15ClN6O2/c1-11-9-23(13-5-3-12(18)4-6-13)14(25)10-22(11)16(26)15-20-17-19-7-2-8-24(17)21-15/h2-8,11H,9-10H2,1H3/t11-/m0/s1. The highest BCUT2D eigenvalue weighted by Crippen LogP contribution is 2.23. The Balaban J connectivity index is 1.56. The average Bonchev–Trinajstić information content (AvgIpc) is 3.08. The van der Waals surface area contributed by atoms with Crippen LogP contribution in [0, 0.1) is 0 Å². The van der Waals surface area contributed by atoms with Crippen LogP contribution in [0.4, 0.5) is 5.69 Å². The molecule has 0 aliphatic carbocycles. The summed E-state index contributed by atoms with van der Waals surface area (Å²) in [6, 6.07) is 8.57. The molecule has 0 saturated carbocycles. The number of aromatic nitrogens is 4. The zero-order valence-corrected chi connectivity index (χ0v) is 14.7. The minimum atomic E-state index is -0.382. The van der Waals surface area contributed by atoms with Crippen molar-refractivity contribution >= 4 is 34.9 Å². The van der Waals surface area contributed by atoms with Crippen LogP contribution < -0.4 is 4.90 Å². The van der Waals surface area contributed by atoms with Crippen molar-refractivity contribution in [2.45, 2.75) is 13.0 Å². The van der Waals surface area contributed by atoms with Crippen LogP contribution in [0.3, 0.4) is 0 Å². The SMILES string of the molecule is C[C@H]1CN(c2ccc(Cl)cc2)C(=O)CN1C(=O)c1nc2ncccn2n1.